The second kappa shape index (κ2) is 4.86. The summed E-state index contributed by atoms with van der Waals surface area (Å²) in [5.41, 5.74) is -1.47. The van der Waals surface area contributed by atoms with Crippen molar-refractivity contribution in [3.8, 4) is 5.75 Å². The fourth-order valence-corrected chi connectivity index (χ4v) is 1.37. The van der Waals surface area contributed by atoms with E-state index in [0.717, 1.165) is 26.2 Å². The van der Waals surface area contributed by atoms with Gasteiger partial charge in [-0.3, -0.25) is 14.9 Å². The first-order chi connectivity index (χ1) is 7.88. The van der Waals surface area contributed by atoms with E-state index < -0.39 is 28.4 Å². The molecule has 0 radical (unpaired) electrons. The fourth-order valence-electron chi connectivity index (χ4n) is 1.37. The maximum absolute atomic E-state index is 12.5. The number of hydrogen-bond acceptors (Lipinski definition) is 4. The Morgan fingerprint density at radius 2 is 2.06 bits per heavy atom. The molecule has 0 atom stereocenters. The minimum absolute atomic E-state index is 0.349. The van der Waals surface area contributed by atoms with Gasteiger partial charge in [0, 0.05) is 5.56 Å². The molecule has 1 rings (SSSR count). The number of rotatable bonds is 4. The van der Waals surface area contributed by atoms with Gasteiger partial charge in [-0.25, -0.2) is 8.78 Å². The monoisotopic (exact) mass is 245 g/mol. The smallest absolute Gasteiger partial charge is 0.321 e. The van der Waals surface area contributed by atoms with Crippen molar-refractivity contribution in [1.29, 1.82) is 0 Å². The SMILES string of the molecule is COc1cc(C(F)F)cc(C(C)=O)c1[N+](=O)[O-]. The summed E-state index contributed by atoms with van der Waals surface area (Å²) >= 11 is 0. The van der Waals surface area contributed by atoms with Gasteiger partial charge in [-0.05, 0) is 19.1 Å². The summed E-state index contributed by atoms with van der Waals surface area (Å²) in [7, 11) is 1.11. The number of methoxy groups -OCH3 is 1. The lowest BCUT2D eigenvalue weighted by molar-refractivity contribution is -0.386. The number of hydrogen-bond donors (Lipinski definition) is 0. The standard InChI is InChI=1S/C10H9F2NO4/c1-5(14)7-3-6(10(11)12)4-8(17-2)9(7)13(15)16/h3-4,10H,1-2H3. The number of carbonyl (C=O) groups excluding carboxylic acids is 1. The van der Waals surface area contributed by atoms with Gasteiger partial charge in [0.25, 0.3) is 6.43 Å². The topological polar surface area (TPSA) is 69.4 Å². The normalized spacial score (nSPS) is 10.4. The van der Waals surface area contributed by atoms with Crippen LogP contribution in [0.3, 0.4) is 0 Å². The van der Waals surface area contributed by atoms with E-state index >= 15 is 0 Å². The van der Waals surface area contributed by atoms with Gasteiger partial charge in [0.05, 0.1) is 17.6 Å². The molecule has 17 heavy (non-hydrogen) atoms. The van der Waals surface area contributed by atoms with Gasteiger partial charge in [-0.2, -0.15) is 0 Å². The number of nitro benzene ring substituents is 1. The first-order valence-corrected chi connectivity index (χ1v) is 4.54. The van der Waals surface area contributed by atoms with Crippen LogP contribution in [-0.2, 0) is 0 Å². The van der Waals surface area contributed by atoms with Gasteiger partial charge in [0.1, 0.15) is 0 Å². The molecule has 0 aliphatic rings. The lowest BCUT2D eigenvalue weighted by Crippen LogP contribution is -2.04. The molecule has 7 heteroatoms. The second-order valence-electron chi connectivity index (χ2n) is 3.23. The molecule has 0 bridgehead atoms. The number of carbonyl (C=O) groups is 1. The molecule has 92 valence electrons. The van der Waals surface area contributed by atoms with Crippen LogP contribution in [0.25, 0.3) is 0 Å². The lowest BCUT2D eigenvalue weighted by Gasteiger charge is -2.08. The van der Waals surface area contributed by atoms with Crippen molar-refractivity contribution in [3.05, 3.63) is 33.4 Å². The Kier molecular flexibility index (Phi) is 3.72. The van der Waals surface area contributed by atoms with Crippen molar-refractivity contribution in [2.45, 2.75) is 13.3 Å². The molecular weight excluding hydrogens is 236 g/mol. The molecule has 0 saturated carbocycles. The number of halogens is 2. The summed E-state index contributed by atoms with van der Waals surface area (Å²) in [6, 6.07) is 1.67. The quantitative estimate of drug-likeness (QED) is 0.464. The van der Waals surface area contributed by atoms with E-state index in [1.807, 2.05) is 0 Å². The molecule has 1 aromatic carbocycles. The van der Waals surface area contributed by atoms with E-state index in [1.54, 1.807) is 0 Å². The summed E-state index contributed by atoms with van der Waals surface area (Å²) in [4.78, 5) is 21.2. The largest absolute Gasteiger partial charge is 0.490 e. The summed E-state index contributed by atoms with van der Waals surface area (Å²) in [6.45, 7) is 1.07. The van der Waals surface area contributed by atoms with Crippen molar-refractivity contribution in [1.82, 2.24) is 0 Å². The van der Waals surface area contributed by atoms with Crippen LogP contribution in [0.1, 0.15) is 29.3 Å². The molecule has 0 aliphatic heterocycles. The highest BCUT2D eigenvalue weighted by Gasteiger charge is 2.26. The number of benzene rings is 1. The summed E-state index contributed by atoms with van der Waals surface area (Å²) in [6.07, 6.45) is -2.83. The molecule has 1 aromatic rings. The van der Waals surface area contributed by atoms with Crippen molar-refractivity contribution < 1.29 is 23.2 Å². The molecular formula is C10H9F2NO4. The van der Waals surface area contributed by atoms with Crippen LogP contribution >= 0.6 is 0 Å². The van der Waals surface area contributed by atoms with Crippen LogP contribution in [0, 0.1) is 10.1 Å². The van der Waals surface area contributed by atoms with E-state index in [0.29, 0.717) is 0 Å². The zero-order chi connectivity index (χ0) is 13.2. The van der Waals surface area contributed by atoms with Crippen molar-refractivity contribution in [3.63, 3.8) is 0 Å². The van der Waals surface area contributed by atoms with Gasteiger partial charge in [0.2, 0.25) is 0 Å². The Balaban J connectivity index is 3.57. The Hall–Kier alpha value is -2.05. The average molecular weight is 245 g/mol. The van der Waals surface area contributed by atoms with Gasteiger partial charge >= 0.3 is 5.69 Å². The predicted octanol–water partition coefficient (Wildman–Crippen LogP) is 2.74. The second-order valence-corrected chi connectivity index (χ2v) is 3.23. The third kappa shape index (κ3) is 2.55. The molecule has 0 spiro atoms. The molecule has 0 aliphatic carbocycles. The van der Waals surface area contributed by atoms with E-state index in [2.05, 4.69) is 4.74 Å². The van der Waals surface area contributed by atoms with Crippen molar-refractivity contribution in [2.75, 3.05) is 7.11 Å². The summed E-state index contributed by atoms with van der Waals surface area (Å²) in [5.74, 6) is -1.02. The maximum Gasteiger partial charge on any atom is 0.321 e. The maximum atomic E-state index is 12.5. The van der Waals surface area contributed by atoms with Crippen LogP contribution in [0.4, 0.5) is 14.5 Å². The zero-order valence-corrected chi connectivity index (χ0v) is 9.07. The number of alkyl halides is 2. The predicted molar refractivity (Wildman–Crippen MR) is 54.6 cm³/mol. The number of Topliss-reactive ketones (excluding diaryl/α,β-unsaturated/α-hetero) is 1. The fraction of sp³-hybridized carbons (Fsp3) is 0.300. The van der Waals surface area contributed by atoms with Crippen LogP contribution in [0.15, 0.2) is 12.1 Å². The van der Waals surface area contributed by atoms with Crippen LogP contribution in [0.5, 0.6) is 5.75 Å². The zero-order valence-electron chi connectivity index (χ0n) is 9.07. The lowest BCUT2D eigenvalue weighted by atomic mass is 10.0. The van der Waals surface area contributed by atoms with Crippen molar-refractivity contribution >= 4 is 11.5 Å². The molecule has 5 nitrogen and oxygen atoms in total. The molecule has 0 heterocycles. The minimum atomic E-state index is -2.83. The highest BCUT2D eigenvalue weighted by atomic mass is 19.3. The van der Waals surface area contributed by atoms with E-state index in [4.69, 9.17) is 0 Å². The number of ketones is 1. The van der Waals surface area contributed by atoms with E-state index in [-0.39, 0.29) is 11.3 Å². The van der Waals surface area contributed by atoms with Gasteiger partial charge < -0.3 is 4.74 Å². The molecule has 0 aromatic heterocycles. The van der Waals surface area contributed by atoms with Gasteiger partial charge in [-0.15, -0.1) is 0 Å². The molecule has 0 N–H and O–H groups in total. The molecule has 0 fully saturated rings. The summed E-state index contributed by atoms with van der Waals surface area (Å²) < 4.78 is 29.7. The summed E-state index contributed by atoms with van der Waals surface area (Å²) in [5, 5.41) is 10.8. The third-order valence-electron chi connectivity index (χ3n) is 2.13. The van der Waals surface area contributed by atoms with Crippen molar-refractivity contribution in [2.24, 2.45) is 0 Å². The third-order valence-corrected chi connectivity index (χ3v) is 2.13. The number of nitrogens with zero attached hydrogens (tertiary/aromatic N) is 1. The van der Waals surface area contributed by atoms with Crippen LogP contribution < -0.4 is 4.74 Å². The minimum Gasteiger partial charge on any atom is -0.490 e. The number of nitro groups is 1. The number of ether oxygens (including phenoxy) is 1. The highest BCUT2D eigenvalue weighted by molar-refractivity contribution is 5.99. The Labute approximate surface area is 95.2 Å². The Bertz CT molecular complexity index is 474. The average Bonchev–Trinajstić information content (AvgIpc) is 2.26. The molecule has 0 amide bonds. The first-order valence-electron chi connectivity index (χ1n) is 4.54. The van der Waals surface area contributed by atoms with Gasteiger partial charge in [-0.1, -0.05) is 0 Å². The molecule has 0 unspecified atom stereocenters. The van der Waals surface area contributed by atoms with Crippen LogP contribution in [-0.4, -0.2) is 17.8 Å². The van der Waals surface area contributed by atoms with E-state index in [1.165, 1.54) is 0 Å². The Morgan fingerprint density at radius 1 is 1.47 bits per heavy atom. The Morgan fingerprint density at radius 3 is 2.41 bits per heavy atom. The van der Waals surface area contributed by atoms with Gasteiger partial charge in [0.15, 0.2) is 11.5 Å². The highest BCUT2D eigenvalue weighted by Crippen LogP contribution is 2.35. The van der Waals surface area contributed by atoms with E-state index in [9.17, 15) is 23.7 Å². The first kappa shape index (κ1) is 13.0. The van der Waals surface area contributed by atoms with Crippen LogP contribution in [0.2, 0.25) is 0 Å². The molecule has 0 saturated heterocycles.